The first-order valence-electron chi connectivity index (χ1n) is 11.5. The molecular weight excluding hydrogens is 558 g/mol. The molecule has 1 fully saturated rings. The summed E-state index contributed by atoms with van der Waals surface area (Å²) >= 11 is 1.23. The van der Waals surface area contributed by atoms with Gasteiger partial charge < -0.3 is 4.74 Å². The number of sulfone groups is 2. The van der Waals surface area contributed by atoms with E-state index >= 15 is 0 Å². The molecule has 1 saturated heterocycles. The van der Waals surface area contributed by atoms with Gasteiger partial charge in [-0.1, -0.05) is 17.4 Å². The summed E-state index contributed by atoms with van der Waals surface area (Å²) in [6.07, 6.45) is 1.15. The molecule has 1 aliphatic rings. The van der Waals surface area contributed by atoms with E-state index in [2.05, 4.69) is 9.88 Å². The Morgan fingerprint density at radius 2 is 1.78 bits per heavy atom. The SMILES string of the molecule is CC(C)S(=O)(=O)c1cccc(C(=O)N(CCN2CCOCC2)c2nc3ccc(S(C)(=O)=O)cc3s2)c1.Cl. The monoisotopic (exact) mass is 587 g/mol. The lowest BCUT2D eigenvalue weighted by atomic mass is 10.2. The summed E-state index contributed by atoms with van der Waals surface area (Å²) in [5.74, 6) is -0.369. The highest BCUT2D eigenvalue weighted by Gasteiger charge is 2.26. The quantitative estimate of drug-likeness (QED) is 0.394. The van der Waals surface area contributed by atoms with E-state index in [1.54, 1.807) is 43.0 Å². The van der Waals surface area contributed by atoms with Crippen molar-refractivity contribution in [2.75, 3.05) is 50.5 Å². The number of rotatable bonds is 8. The number of anilines is 1. The van der Waals surface area contributed by atoms with Crippen LogP contribution in [0.25, 0.3) is 10.2 Å². The summed E-state index contributed by atoms with van der Waals surface area (Å²) < 4.78 is 55.5. The first-order valence-corrected chi connectivity index (χ1v) is 15.8. The van der Waals surface area contributed by atoms with Gasteiger partial charge in [-0.25, -0.2) is 21.8 Å². The van der Waals surface area contributed by atoms with E-state index in [-0.39, 0.29) is 33.7 Å². The lowest BCUT2D eigenvalue weighted by Gasteiger charge is -2.29. The molecular formula is C24H30ClN3O6S3. The van der Waals surface area contributed by atoms with E-state index in [1.807, 2.05) is 0 Å². The highest BCUT2D eigenvalue weighted by molar-refractivity contribution is 7.92. The number of fused-ring (bicyclic) bond motifs is 1. The topological polar surface area (TPSA) is 114 Å². The summed E-state index contributed by atoms with van der Waals surface area (Å²) in [6.45, 7) is 6.87. The van der Waals surface area contributed by atoms with E-state index in [0.717, 1.165) is 19.3 Å². The van der Waals surface area contributed by atoms with E-state index in [4.69, 9.17) is 4.74 Å². The highest BCUT2D eigenvalue weighted by atomic mass is 35.5. The maximum Gasteiger partial charge on any atom is 0.260 e. The number of carbonyl (C=O) groups is 1. The molecule has 4 rings (SSSR count). The second-order valence-corrected chi connectivity index (χ2v) is 14.5. The van der Waals surface area contributed by atoms with Crippen molar-refractivity contribution in [2.45, 2.75) is 28.9 Å². The molecule has 2 aromatic carbocycles. The van der Waals surface area contributed by atoms with Gasteiger partial charge in [0.25, 0.3) is 5.91 Å². The number of nitrogens with zero attached hydrogens (tertiary/aromatic N) is 3. The van der Waals surface area contributed by atoms with Crippen LogP contribution in [0.1, 0.15) is 24.2 Å². The number of halogens is 1. The van der Waals surface area contributed by atoms with Crippen molar-refractivity contribution in [1.82, 2.24) is 9.88 Å². The van der Waals surface area contributed by atoms with E-state index in [0.29, 0.717) is 41.7 Å². The molecule has 1 aromatic heterocycles. The van der Waals surface area contributed by atoms with Gasteiger partial charge >= 0.3 is 0 Å². The van der Waals surface area contributed by atoms with Crippen LogP contribution in [0.15, 0.2) is 52.3 Å². The Kier molecular flexibility index (Phi) is 9.36. The van der Waals surface area contributed by atoms with Crippen molar-refractivity contribution in [2.24, 2.45) is 0 Å². The number of hydrogen-bond donors (Lipinski definition) is 0. The van der Waals surface area contributed by atoms with Crippen LogP contribution in [-0.4, -0.2) is 83.5 Å². The molecule has 0 atom stereocenters. The first-order chi connectivity index (χ1) is 17.0. The van der Waals surface area contributed by atoms with Crippen molar-refractivity contribution < 1.29 is 26.4 Å². The smallest absolute Gasteiger partial charge is 0.260 e. The third kappa shape index (κ3) is 6.68. The second kappa shape index (κ2) is 11.7. The zero-order chi connectivity index (χ0) is 26.1. The first kappa shape index (κ1) is 29.5. The van der Waals surface area contributed by atoms with Gasteiger partial charge in [0.1, 0.15) is 0 Å². The number of aromatic nitrogens is 1. The lowest BCUT2D eigenvalue weighted by Crippen LogP contribution is -2.43. The number of benzene rings is 2. The zero-order valence-corrected chi connectivity index (χ0v) is 24.1. The number of thiazole rings is 1. The Balaban J connectivity index is 0.00000380. The number of ether oxygens (including phenoxy) is 1. The van der Waals surface area contributed by atoms with Crippen molar-refractivity contribution in [3.63, 3.8) is 0 Å². The van der Waals surface area contributed by atoms with Gasteiger partial charge in [-0.15, -0.1) is 12.4 Å². The molecule has 0 N–H and O–H groups in total. The molecule has 3 aromatic rings. The fourth-order valence-corrected chi connectivity index (χ4v) is 6.68. The van der Waals surface area contributed by atoms with Crippen molar-refractivity contribution in [1.29, 1.82) is 0 Å². The van der Waals surface area contributed by atoms with Crippen LogP contribution in [0.2, 0.25) is 0 Å². The lowest BCUT2D eigenvalue weighted by molar-refractivity contribution is 0.0391. The van der Waals surface area contributed by atoms with E-state index in [9.17, 15) is 21.6 Å². The molecule has 202 valence electrons. The van der Waals surface area contributed by atoms with Gasteiger partial charge in [0, 0.05) is 38.0 Å². The summed E-state index contributed by atoms with van der Waals surface area (Å²) in [5.41, 5.74) is 0.831. The molecule has 2 heterocycles. The van der Waals surface area contributed by atoms with Gasteiger partial charge in [-0.05, 0) is 50.2 Å². The largest absolute Gasteiger partial charge is 0.379 e. The van der Waals surface area contributed by atoms with Gasteiger partial charge in [-0.3, -0.25) is 14.6 Å². The summed E-state index contributed by atoms with van der Waals surface area (Å²) in [7, 11) is -6.95. The van der Waals surface area contributed by atoms with E-state index in [1.165, 1.54) is 29.5 Å². The van der Waals surface area contributed by atoms with Crippen molar-refractivity contribution in [3.05, 3.63) is 48.0 Å². The average molecular weight is 588 g/mol. The maximum absolute atomic E-state index is 13.7. The number of morpholine rings is 1. The molecule has 1 aliphatic heterocycles. The van der Waals surface area contributed by atoms with Crippen LogP contribution in [0.3, 0.4) is 0 Å². The highest BCUT2D eigenvalue weighted by Crippen LogP contribution is 2.32. The van der Waals surface area contributed by atoms with Crippen LogP contribution >= 0.6 is 23.7 Å². The molecule has 37 heavy (non-hydrogen) atoms. The Labute approximate surface area is 227 Å². The minimum Gasteiger partial charge on any atom is -0.379 e. The van der Waals surface area contributed by atoms with Gasteiger partial charge in [0.15, 0.2) is 24.8 Å². The number of carbonyl (C=O) groups excluding carboxylic acids is 1. The standard InChI is InChI=1S/C24H29N3O6S3.ClH/c1-17(2)36(31,32)20-6-4-5-18(15-20)23(28)27(10-9-26-11-13-33-14-12-26)24-25-21-8-7-19(35(3,29)30)16-22(21)34-24;/h4-8,15-17H,9-14H2,1-3H3;1H. The Morgan fingerprint density at radius 1 is 1.08 bits per heavy atom. The number of hydrogen-bond acceptors (Lipinski definition) is 9. The molecule has 0 spiro atoms. The van der Waals surface area contributed by atoms with Crippen molar-refractivity contribution in [3.8, 4) is 0 Å². The predicted molar refractivity (Wildman–Crippen MR) is 148 cm³/mol. The third-order valence-electron chi connectivity index (χ3n) is 6.03. The normalized spacial score (nSPS) is 15.0. The predicted octanol–water partition coefficient (Wildman–Crippen LogP) is 3.28. The van der Waals surface area contributed by atoms with Crippen LogP contribution in [0.5, 0.6) is 0 Å². The van der Waals surface area contributed by atoms with Crippen LogP contribution in [-0.2, 0) is 24.4 Å². The Hall–Kier alpha value is -2.09. The maximum atomic E-state index is 13.7. The molecule has 0 unspecified atom stereocenters. The summed E-state index contributed by atoms with van der Waals surface area (Å²) in [4.78, 5) is 22.4. The van der Waals surface area contributed by atoms with Crippen LogP contribution < -0.4 is 4.90 Å². The van der Waals surface area contributed by atoms with Crippen LogP contribution in [0.4, 0.5) is 5.13 Å². The van der Waals surface area contributed by atoms with Gasteiger partial charge in [0.2, 0.25) is 0 Å². The molecule has 0 aliphatic carbocycles. The molecule has 1 amide bonds. The second-order valence-electron chi connectivity index (χ2n) is 8.93. The zero-order valence-electron chi connectivity index (χ0n) is 20.8. The third-order valence-corrected chi connectivity index (χ3v) is 10.3. The van der Waals surface area contributed by atoms with Gasteiger partial charge in [0.05, 0.1) is 38.5 Å². The van der Waals surface area contributed by atoms with Gasteiger partial charge in [-0.2, -0.15) is 0 Å². The Morgan fingerprint density at radius 3 is 2.43 bits per heavy atom. The fraction of sp³-hybridized carbons (Fsp3) is 0.417. The number of amides is 1. The molecule has 0 saturated carbocycles. The Bertz CT molecular complexity index is 1480. The molecule has 9 nitrogen and oxygen atoms in total. The minimum absolute atomic E-state index is 0. The van der Waals surface area contributed by atoms with Crippen LogP contribution in [0, 0.1) is 0 Å². The summed E-state index contributed by atoms with van der Waals surface area (Å²) in [6, 6.07) is 10.8. The minimum atomic E-state index is -3.55. The van der Waals surface area contributed by atoms with E-state index < -0.39 is 24.9 Å². The summed E-state index contributed by atoms with van der Waals surface area (Å²) in [5, 5.41) is -0.195. The average Bonchev–Trinajstić information content (AvgIpc) is 3.27. The molecule has 13 heteroatoms. The fourth-order valence-electron chi connectivity index (χ4n) is 3.82. The van der Waals surface area contributed by atoms with Crippen molar-refractivity contribution >= 4 is 64.7 Å². The molecule has 0 bridgehead atoms. The molecule has 0 radical (unpaired) electrons.